The summed E-state index contributed by atoms with van der Waals surface area (Å²) in [6.45, 7) is 6.67. The highest BCUT2D eigenvalue weighted by Crippen LogP contribution is 2.01. The molecule has 0 aromatic carbocycles. The van der Waals surface area contributed by atoms with Crippen molar-refractivity contribution in [2.24, 2.45) is 11.7 Å². The van der Waals surface area contributed by atoms with Crippen molar-refractivity contribution in [1.29, 1.82) is 0 Å². The second kappa shape index (κ2) is 9.09. The summed E-state index contributed by atoms with van der Waals surface area (Å²) in [4.78, 5) is 0. The number of hydrogen-bond acceptors (Lipinski definition) is 4. The minimum atomic E-state index is 0.130. The van der Waals surface area contributed by atoms with Crippen molar-refractivity contribution in [2.75, 3.05) is 33.9 Å². The predicted octanol–water partition coefficient (Wildman–Crippen LogP) is 0.611. The number of methoxy groups -OCH3 is 2. The van der Waals surface area contributed by atoms with Crippen LogP contribution in [0.25, 0.3) is 0 Å². The van der Waals surface area contributed by atoms with Crippen LogP contribution in [0.1, 0.15) is 20.3 Å². The molecule has 0 saturated carbocycles. The quantitative estimate of drug-likeness (QED) is 0.557. The molecular formula is C11H26N2O2. The summed E-state index contributed by atoms with van der Waals surface area (Å²) in [5.41, 5.74) is 5.93. The lowest BCUT2D eigenvalue weighted by Gasteiger charge is -2.18. The Morgan fingerprint density at radius 3 is 2.40 bits per heavy atom. The van der Waals surface area contributed by atoms with E-state index in [1.807, 2.05) is 0 Å². The second-order valence-corrected chi connectivity index (χ2v) is 4.21. The van der Waals surface area contributed by atoms with E-state index in [2.05, 4.69) is 19.2 Å². The first kappa shape index (κ1) is 14.8. The van der Waals surface area contributed by atoms with Gasteiger partial charge in [0.2, 0.25) is 0 Å². The maximum absolute atomic E-state index is 5.93. The van der Waals surface area contributed by atoms with Crippen LogP contribution >= 0.6 is 0 Å². The molecule has 0 aliphatic heterocycles. The van der Waals surface area contributed by atoms with Gasteiger partial charge in [-0.2, -0.15) is 0 Å². The lowest BCUT2D eigenvalue weighted by molar-refractivity contribution is 0.0289. The lowest BCUT2D eigenvalue weighted by Crippen LogP contribution is -2.36. The Balaban J connectivity index is 3.43. The number of nitrogens with two attached hydrogens (primary N) is 1. The molecular weight excluding hydrogens is 192 g/mol. The van der Waals surface area contributed by atoms with E-state index in [9.17, 15) is 0 Å². The predicted molar refractivity (Wildman–Crippen MR) is 63.0 cm³/mol. The van der Waals surface area contributed by atoms with E-state index in [0.717, 1.165) is 19.5 Å². The van der Waals surface area contributed by atoms with Crippen LogP contribution in [0.15, 0.2) is 0 Å². The Bertz CT molecular complexity index is 143. The SMILES string of the molecule is COCC(CNCCC(N)C(C)C)OC. The molecule has 92 valence electrons. The number of rotatable bonds is 9. The standard InChI is InChI=1S/C11H26N2O2/c1-9(2)11(12)5-6-13-7-10(15-4)8-14-3/h9-11,13H,5-8,12H2,1-4H3. The van der Waals surface area contributed by atoms with E-state index >= 15 is 0 Å². The summed E-state index contributed by atoms with van der Waals surface area (Å²) in [5.74, 6) is 0.545. The summed E-state index contributed by atoms with van der Waals surface area (Å²) in [7, 11) is 3.38. The van der Waals surface area contributed by atoms with Crippen LogP contribution < -0.4 is 11.1 Å². The molecule has 4 nitrogen and oxygen atoms in total. The van der Waals surface area contributed by atoms with Crippen molar-refractivity contribution in [1.82, 2.24) is 5.32 Å². The van der Waals surface area contributed by atoms with E-state index in [1.165, 1.54) is 0 Å². The van der Waals surface area contributed by atoms with E-state index < -0.39 is 0 Å². The zero-order valence-electron chi connectivity index (χ0n) is 10.5. The normalized spacial score (nSPS) is 15.6. The van der Waals surface area contributed by atoms with Crippen molar-refractivity contribution in [2.45, 2.75) is 32.4 Å². The van der Waals surface area contributed by atoms with Crippen LogP contribution in [-0.2, 0) is 9.47 Å². The van der Waals surface area contributed by atoms with Gasteiger partial charge in [-0.15, -0.1) is 0 Å². The second-order valence-electron chi connectivity index (χ2n) is 4.21. The van der Waals surface area contributed by atoms with Crippen molar-refractivity contribution in [3.8, 4) is 0 Å². The molecule has 0 amide bonds. The smallest absolute Gasteiger partial charge is 0.0928 e. The van der Waals surface area contributed by atoms with E-state index in [0.29, 0.717) is 12.5 Å². The lowest BCUT2D eigenvalue weighted by atomic mass is 10.0. The van der Waals surface area contributed by atoms with E-state index in [1.54, 1.807) is 14.2 Å². The molecule has 4 heteroatoms. The summed E-state index contributed by atoms with van der Waals surface area (Å²) >= 11 is 0. The van der Waals surface area contributed by atoms with Crippen LogP contribution in [0.4, 0.5) is 0 Å². The van der Waals surface area contributed by atoms with Gasteiger partial charge >= 0.3 is 0 Å². The van der Waals surface area contributed by atoms with Gasteiger partial charge in [0.05, 0.1) is 12.7 Å². The molecule has 3 N–H and O–H groups in total. The fourth-order valence-corrected chi connectivity index (χ4v) is 1.26. The highest BCUT2D eigenvalue weighted by atomic mass is 16.5. The van der Waals surface area contributed by atoms with Gasteiger partial charge < -0.3 is 20.5 Å². The number of hydrogen-bond donors (Lipinski definition) is 2. The molecule has 0 aliphatic carbocycles. The van der Waals surface area contributed by atoms with E-state index in [4.69, 9.17) is 15.2 Å². The highest BCUT2D eigenvalue weighted by molar-refractivity contribution is 4.68. The molecule has 15 heavy (non-hydrogen) atoms. The fourth-order valence-electron chi connectivity index (χ4n) is 1.26. The Hall–Kier alpha value is -0.160. The monoisotopic (exact) mass is 218 g/mol. The minimum Gasteiger partial charge on any atom is -0.382 e. The molecule has 0 radical (unpaired) electrons. The highest BCUT2D eigenvalue weighted by Gasteiger charge is 2.08. The molecule has 0 aromatic heterocycles. The van der Waals surface area contributed by atoms with Crippen LogP contribution in [0.3, 0.4) is 0 Å². The fraction of sp³-hybridized carbons (Fsp3) is 1.00. The molecule has 0 bridgehead atoms. The summed E-state index contributed by atoms with van der Waals surface area (Å²) in [6, 6.07) is 0.279. The number of nitrogens with one attached hydrogen (secondary N) is 1. The molecule has 0 aliphatic rings. The van der Waals surface area contributed by atoms with Crippen molar-refractivity contribution < 1.29 is 9.47 Å². The largest absolute Gasteiger partial charge is 0.382 e. The molecule has 2 atom stereocenters. The van der Waals surface area contributed by atoms with Crippen LogP contribution in [0.2, 0.25) is 0 Å². The Kier molecular flexibility index (Phi) is 9.00. The third-order valence-electron chi connectivity index (χ3n) is 2.57. The van der Waals surface area contributed by atoms with E-state index in [-0.39, 0.29) is 12.1 Å². The first-order valence-electron chi connectivity index (χ1n) is 5.59. The molecule has 0 heterocycles. The maximum atomic E-state index is 5.93. The molecule has 0 fully saturated rings. The van der Waals surface area contributed by atoms with Gasteiger partial charge in [0, 0.05) is 26.8 Å². The van der Waals surface area contributed by atoms with Crippen LogP contribution in [-0.4, -0.2) is 46.1 Å². The van der Waals surface area contributed by atoms with Gasteiger partial charge in [0.25, 0.3) is 0 Å². The van der Waals surface area contributed by atoms with Crippen molar-refractivity contribution in [3.05, 3.63) is 0 Å². The first-order valence-corrected chi connectivity index (χ1v) is 5.59. The summed E-state index contributed by atoms with van der Waals surface area (Å²) in [6.07, 6.45) is 1.13. The maximum Gasteiger partial charge on any atom is 0.0928 e. The molecule has 0 spiro atoms. The minimum absolute atomic E-state index is 0.130. The first-order chi connectivity index (χ1) is 7.11. The van der Waals surface area contributed by atoms with Gasteiger partial charge in [-0.3, -0.25) is 0 Å². The Labute approximate surface area is 93.5 Å². The van der Waals surface area contributed by atoms with Gasteiger partial charge in [0.1, 0.15) is 0 Å². The van der Waals surface area contributed by atoms with Gasteiger partial charge in [-0.05, 0) is 18.9 Å². The molecule has 0 aromatic rings. The van der Waals surface area contributed by atoms with Gasteiger partial charge in [0.15, 0.2) is 0 Å². The Morgan fingerprint density at radius 2 is 1.93 bits per heavy atom. The molecule has 2 unspecified atom stereocenters. The van der Waals surface area contributed by atoms with Crippen molar-refractivity contribution in [3.63, 3.8) is 0 Å². The summed E-state index contributed by atoms with van der Waals surface area (Å²) in [5, 5.41) is 3.32. The summed E-state index contributed by atoms with van der Waals surface area (Å²) < 4.78 is 10.2. The van der Waals surface area contributed by atoms with Crippen LogP contribution in [0.5, 0.6) is 0 Å². The number of ether oxygens (including phenoxy) is 2. The van der Waals surface area contributed by atoms with Gasteiger partial charge in [-0.25, -0.2) is 0 Å². The zero-order chi connectivity index (χ0) is 11.7. The third kappa shape index (κ3) is 7.73. The topological polar surface area (TPSA) is 56.5 Å². The third-order valence-corrected chi connectivity index (χ3v) is 2.57. The zero-order valence-corrected chi connectivity index (χ0v) is 10.5. The van der Waals surface area contributed by atoms with Crippen LogP contribution in [0, 0.1) is 5.92 Å². The Morgan fingerprint density at radius 1 is 1.27 bits per heavy atom. The van der Waals surface area contributed by atoms with Gasteiger partial charge in [-0.1, -0.05) is 13.8 Å². The average Bonchev–Trinajstić information content (AvgIpc) is 2.22. The van der Waals surface area contributed by atoms with Crippen molar-refractivity contribution >= 4 is 0 Å². The molecule has 0 saturated heterocycles. The molecule has 0 rings (SSSR count). The average molecular weight is 218 g/mol.